The maximum absolute atomic E-state index is 12.2. The van der Waals surface area contributed by atoms with Crippen molar-refractivity contribution in [3.05, 3.63) is 23.3 Å². The molecule has 0 aromatic carbocycles. The normalized spacial score (nSPS) is 53.4. The monoisotopic (exact) mass is 380 g/mol. The van der Waals surface area contributed by atoms with Gasteiger partial charge in [-0.1, -0.05) is 31.1 Å². The first-order valence-electron chi connectivity index (χ1n) is 11.0. The largest absolute Gasteiger partial charge is 0.458 e. The SMILES string of the molecule is C[C@]12CCC(=O)C=C1CC(C=O)C1C2=CC[C@@]2(C)C1[C@@H]1C[C@@H]1[C@@]21CCC(=O)O1. The Morgan fingerprint density at radius 3 is 2.71 bits per heavy atom. The van der Waals surface area contributed by atoms with E-state index >= 15 is 0 Å². The molecule has 6 aliphatic rings. The molecule has 4 heteroatoms. The van der Waals surface area contributed by atoms with Gasteiger partial charge in [0.05, 0.1) is 0 Å². The highest BCUT2D eigenvalue weighted by molar-refractivity contribution is 5.92. The number of hydrogen-bond acceptors (Lipinski definition) is 4. The summed E-state index contributed by atoms with van der Waals surface area (Å²) in [6.07, 6.45) is 11.0. The number of rotatable bonds is 1. The van der Waals surface area contributed by atoms with Gasteiger partial charge in [-0.2, -0.15) is 0 Å². The number of esters is 1. The zero-order valence-electron chi connectivity index (χ0n) is 16.7. The number of hydrogen-bond donors (Lipinski definition) is 0. The molecule has 28 heavy (non-hydrogen) atoms. The fourth-order valence-electron chi connectivity index (χ4n) is 8.38. The average molecular weight is 380 g/mol. The van der Waals surface area contributed by atoms with E-state index in [0.717, 1.165) is 32.0 Å². The van der Waals surface area contributed by atoms with Crippen molar-refractivity contribution in [3.8, 4) is 0 Å². The third-order valence-electron chi connectivity index (χ3n) is 9.74. The van der Waals surface area contributed by atoms with Gasteiger partial charge in [-0.05, 0) is 55.9 Å². The molecule has 148 valence electrons. The number of aldehydes is 1. The molecule has 4 nitrogen and oxygen atoms in total. The first kappa shape index (κ1) is 17.2. The molecule has 1 spiro atoms. The molecule has 0 aromatic rings. The van der Waals surface area contributed by atoms with Crippen LogP contribution in [-0.2, 0) is 19.1 Å². The maximum atomic E-state index is 12.2. The highest BCUT2D eigenvalue weighted by atomic mass is 16.6. The number of ketones is 1. The van der Waals surface area contributed by atoms with Crippen LogP contribution in [0.5, 0.6) is 0 Å². The lowest BCUT2D eigenvalue weighted by Gasteiger charge is -2.57. The van der Waals surface area contributed by atoms with E-state index in [4.69, 9.17) is 4.74 Å². The molecule has 0 radical (unpaired) electrons. The van der Waals surface area contributed by atoms with Gasteiger partial charge in [0.25, 0.3) is 0 Å². The van der Waals surface area contributed by atoms with E-state index in [0.29, 0.717) is 37.0 Å². The summed E-state index contributed by atoms with van der Waals surface area (Å²) in [5.41, 5.74) is 2.12. The lowest BCUT2D eigenvalue weighted by molar-refractivity contribution is -0.166. The molecule has 1 saturated heterocycles. The number of carbonyl (C=O) groups excluding carboxylic acids is 3. The Labute approximate surface area is 165 Å². The van der Waals surface area contributed by atoms with Crippen LogP contribution in [0, 0.1) is 40.4 Å². The summed E-state index contributed by atoms with van der Waals surface area (Å²) in [4.78, 5) is 36.4. The summed E-state index contributed by atoms with van der Waals surface area (Å²) in [6.45, 7) is 4.62. The fourth-order valence-corrected chi connectivity index (χ4v) is 8.38. The first-order chi connectivity index (χ1) is 13.3. The summed E-state index contributed by atoms with van der Waals surface area (Å²) in [6, 6.07) is 0. The number of ether oxygens (including phenoxy) is 1. The molecule has 0 amide bonds. The second-order valence-electron chi connectivity index (χ2n) is 10.7. The van der Waals surface area contributed by atoms with E-state index in [1.807, 2.05) is 6.08 Å². The van der Waals surface area contributed by atoms with Gasteiger partial charge in [-0.15, -0.1) is 0 Å². The molecule has 1 aliphatic heterocycles. The van der Waals surface area contributed by atoms with Crippen LogP contribution in [-0.4, -0.2) is 23.6 Å². The lowest BCUT2D eigenvalue weighted by atomic mass is 9.47. The fraction of sp³-hybridized carbons (Fsp3) is 0.708. The molecule has 1 heterocycles. The van der Waals surface area contributed by atoms with Crippen LogP contribution in [0.3, 0.4) is 0 Å². The summed E-state index contributed by atoms with van der Waals surface area (Å²) in [5, 5.41) is 0. The van der Waals surface area contributed by atoms with Crippen LogP contribution in [0.1, 0.15) is 58.8 Å². The van der Waals surface area contributed by atoms with Gasteiger partial charge in [0.1, 0.15) is 11.9 Å². The average Bonchev–Trinajstić information content (AvgIpc) is 3.30. The Hall–Kier alpha value is -1.71. The van der Waals surface area contributed by atoms with Gasteiger partial charge in [-0.25, -0.2) is 0 Å². The van der Waals surface area contributed by atoms with Crippen molar-refractivity contribution in [2.45, 2.75) is 64.4 Å². The van der Waals surface area contributed by atoms with E-state index in [2.05, 4.69) is 19.9 Å². The van der Waals surface area contributed by atoms with Crippen molar-refractivity contribution in [1.29, 1.82) is 0 Å². The van der Waals surface area contributed by atoms with E-state index in [9.17, 15) is 14.4 Å². The summed E-state index contributed by atoms with van der Waals surface area (Å²) < 4.78 is 6.12. The van der Waals surface area contributed by atoms with Crippen molar-refractivity contribution >= 4 is 18.0 Å². The van der Waals surface area contributed by atoms with E-state index in [1.54, 1.807) is 0 Å². The molecule has 3 saturated carbocycles. The Balaban J connectivity index is 1.50. The molecule has 0 N–H and O–H groups in total. The van der Waals surface area contributed by atoms with Gasteiger partial charge in [0, 0.05) is 35.5 Å². The first-order valence-corrected chi connectivity index (χ1v) is 11.0. The van der Waals surface area contributed by atoms with Gasteiger partial charge in [-0.3, -0.25) is 9.59 Å². The van der Waals surface area contributed by atoms with Crippen molar-refractivity contribution in [2.75, 3.05) is 0 Å². The molecule has 4 fully saturated rings. The molecule has 0 aromatic heterocycles. The second-order valence-corrected chi connectivity index (χ2v) is 10.7. The predicted molar refractivity (Wildman–Crippen MR) is 102 cm³/mol. The van der Waals surface area contributed by atoms with Crippen LogP contribution in [0.2, 0.25) is 0 Å². The third kappa shape index (κ3) is 1.77. The van der Waals surface area contributed by atoms with Crippen LogP contribution in [0.25, 0.3) is 0 Å². The van der Waals surface area contributed by atoms with E-state index in [1.165, 1.54) is 11.1 Å². The zero-order chi connectivity index (χ0) is 19.5. The summed E-state index contributed by atoms with van der Waals surface area (Å²) in [7, 11) is 0. The third-order valence-corrected chi connectivity index (χ3v) is 9.74. The quantitative estimate of drug-likeness (QED) is 0.394. The van der Waals surface area contributed by atoms with Crippen LogP contribution < -0.4 is 0 Å². The van der Waals surface area contributed by atoms with E-state index in [-0.39, 0.29) is 40.0 Å². The molecular weight excluding hydrogens is 352 g/mol. The summed E-state index contributed by atoms with van der Waals surface area (Å²) in [5.74, 6) is 1.81. The standard InChI is InChI=1S/C24H28O4/c1-22-6-3-15(26)10-14(22)9-13(12-25)20-17(22)4-7-23(2)21(20)16-11-18(16)24(23)8-5-19(27)28-24/h4,10,12-13,16,18,20-21H,3,5-9,11H2,1-2H3/t13?,16-,18+,20?,21?,22+,23+,24+/m1/s1. The Kier molecular flexibility index (Phi) is 3.11. The van der Waals surface area contributed by atoms with Gasteiger partial charge >= 0.3 is 5.97 Å². The van der Waals surface area contributed by atoms with Gasteiger partial charge in [0.15, 0.2) is 5.78 Å². The minimum Gasteiger partial charge on any atom is -0.458 e. The van der Waals surface area contributed by atoms with Crippen molar-refractivity contribution < 1.29 is 19.1 Å². The minimum atomic E-state index is -0.311. The predicted octanol–water partition coefficient (Wildman–Crippen LogP) is 3.80. The van der Waals surface area contributed by atoms with Crippen molar-refractivity contribution in [2.24, 2.45) is 40.4 Å². The van der Waals surface area contributed by atoms with Gasteiger partial charge in [0.2, 0.25) is 0 Å². The highest BCUT2D eigenvalue weighted by Gasteiger charge is 2.78. The minimum absolute atomic E-state index is 0.0409. The van der Waals surface area contributed by atoms with Crippen molar-refractivity contribution in [3.63, 3.8) is 0 Å². The molecule has 5 aliphatic carbocycles. The van der Waals surface area contributed by atoms with Crippen LogP contribution >= 0.6 is 0 Å². The maximum Gasteiger partial charge on any atom is 0.306 e. The second kappa shape index (κ2) is 5.06. The lowest BCUT2D eigenvalue weighted by Crippen LogP contribution is -2.55. The van der Waals surface area contributed by atoms with Crippen LogP contribution in [0.4, 0.5) is 0 Å². The molecule has 6 rings (SSSR count). The number of allylic oxidation sites excluding steroid dienone is 4. The molecule has 3 unspecified atom stereocenters. The Bertz CT molecular complexity index is 883. The molecule has 8 atom stereocenters. The van der Waals surface area contributed by atoms with Crippen molar-refractivity contribution in [1.82, 2.24) is 0 Å². The van der Waals surface area contributed by atoms with E-state index < -0.39 is 0 Å². The number of carbonyl (C=O) groups is 3. The highest BCUT2D eigenvalue weighted by Crippen LogP contribution is 2.78. The molecule has 0 bridgehead atoms. The Morgan fingerprint density at radius 1 is 1.18 bits per heavy atom. The number of fused-ring (bicyclic) bond motifs is 9. The smallest absolute Gasteiger partial charge is 0.306 e. The summed E-state index contributed by atoms with van der Waals surface area (Å²) >= 11 is 0. The zero-order valence-corrected chi connectivity index (χ0v) is 16.7. The topological polar surface area (TPSA) is 60.4 Å². The van der Waals surface area contributed by atoms with Gasteiger partial charge < -0.3 is 9.53 Å². The van der Waals surface area contributed by atoms with Crippen LogP contribution in [0.15, 0.2) is 23.3 Å². The Morgan fingerprint density at radius 2 is 2.00 bits per heavy atom. The molecular formula is C24H28O4.